The van der Waals surface area contributed by atoms with Gasteiger partial charge < -0.3 is 9.42 Å². The molecule has 1 aromatic carbocycles. The van der Waals surface area contributed by atoms with Crippen LogP contribution in [0, 0.1) is 11.2 Å². The van der Waals surface area contributed by atoms with E-state index in [-0.39, 0.29) is 5.82 Å². The molecule has 3 rings (SSSR count). The van der Waals surface area contributed by atoms with Crippen LogP contribution in [0.2, 0.25) is 0 Å². The summed E-state index contributed by atoms with van der Waals surface area (Å²) < 4.78 is 18.4. The van der Waals surface area contributed by atoms with Crippen LogP contribution in [-0.2, 0) is 6.54 Å². The van der Waals surface area contributed by atoms with Crippen molar-refractivity contribution in [3.63, 3.8) is 0 Å². The molecule has 0 unspecified atom stereocenters. The summed E-state index contributed by atoms with van der Waals surface area (Å²) in [4.78, 5) is 9.31. The van der Waals surface area contributed by atoms with Crippen molar-refractivity contribution in [2.75, 3.05) is 32.7 Å². The van der Waals surface area contributed by atoms with Crippen molar-refractivity contribution in [1.29, 1.82) is 0 Å². The molecular weight excluding hydrogens is 319 g/mol. The molecule has 25 heavy (non-hydrogen) atoms. The van der Waals surface area contributed by atoms with Crippen molar-refractivity contribution in [3.05, 3.63) is 36.0 Å². The molecule has 0 N–H and O–H groups in total. The van der Waals surface area contributed by atoms with Gasteiger partial charge in [-0.1, -0.05) is 25.9 Å². The van der Waals surface area contributed by atoms with Gasteiger partial charge in [-0.15, -0.1) is 0 Å². The van der Waals surface area contributed by atoms with E-state index in [4.69, 9.17) is 4.52 Å². The first-order valence-electron chi connectivity index (χ1n) is 8.92. The first kappa shape index (κ1) is 18.0. The molecule has 0 aliphatic carbocycles. The lowest BCUT2D eigenvalue weighted by Gasteiger charge is -2.35. The number of aromatic nitrogens is 2. The van der Waals surface area contributed by atoms with E-state index in [0.29, 0.717) is 23.7 Å². The van der Waals surface area contributed by atoms with Gasteiger partial charge in [0.15, 0.2) is 0 Å². The van der Waals surface area contributed by atoms with Crippen LogP contribution in [0.3, 0.4) is 0 Å². The zero-order valence-electron chi connectivity index (χ0n) is 15.3. The third-order valence-electron chi connectivity index (χ3n) is 4.57. The molecule has 2 heterocycles. The summed E-state index contributed by atoms with van der Waals surface area (Å²) in [5.74, 6) is 0.859. The minimum Gasteiger partial charge on any atom is -0.338 e. The highest BCUT2D eigenvalue weighted by Gasteiger charge is 2.21. The molecule has 0 radical (unpaired) electrons. The monoisotopic (exact) mass is 346 g/mol. The molecule has 6 heteroatoms. The van der Waals surface area contributed by atoms with Crippen LogP contribution in [-0.4, -0.2) is 52.7 Å². The largest absolute Gasteiger partial charge is 0.338 e. The average molecular weight is 346 g/mol. The molecule has 136 valence electrons. The second-order valence-electron chi connectivity index (χ2n) is 7.95. The van der Waals surface area contributed by atoms with Crippen molar-refractivity contribution in [2.45, 2.75) is 33.7 Å². The zero-order chi connectivity index (χ0) is 17.9. The predicted molar refractivity (Wildman–Crippen MR) is 95.5 cm³/mol. The van der Waals surface area contributed by atoms with Gasteiger partial charge in [0.05, 0.1) is 6.54 Å². The Morgan fingerprint density at radius 1 is 1.04 bits per heavy atom. The maximum atomic E-state index is 13.0. The predicted octanol–water partition coefficient (Wildman–Crippen LogP) is 3.43. The molecule has 0 saturated carbocycles. The van der Waals surface area contributed by atoms with E-state index in [0.717, 1.165) is 38.3 Å². The number of hydrogen-bond donors (Lipinski definition) is 0. The SMILES string of the molecule is CC(C)(C)CCN1CCN(Cc2nc(-c3ccc(F)cc3)no2)CC1. The van der Waals surface area contributed by atoms with Crippen LogP contribution in [0.25, 0.3) is 11.4 Å². The number of benzene rings is 1. The highest BCUT2D eigenvalue weighted by atomic mass is 19.1. The van der Waals surface area contributed by atoms with Crippen LogP contribution < -0.4 is 0 Å². The smallest absolute Gasteiger partial charge is 0.241 e. The van der Waals surface area contributed by atoms with E-state index in [9.17, 15) is 4.39 Å². The van der Waals surface area contributed by atoms with Gasteiger partial charge >= 0.3 is 0 Å². The molecule has 1 aliphatic heterocycles. The molecule has 0 amide bonds. The third-order valence-corrected chi connectivity index (χ3v) is 4.57. The van der Waals surface area contributed by atoms with E-state index in [1.54, 1.807) is 12.1 Å². The lowest BCUT2D eigenvalue weighted by molar-refractivity contribution is 0.108. The quantitative estimate of drug-likeness (QED) is 0.830. The summed E-state index contributed by atoms with van der Waals surface area (Å²) in [6, 6.07) is 6.14. The van der Waals surface area contributed by atoms with Crippen LogP contribution >= 0.6 is 0 Å². The van der Waals surface area contributed by atoms with Crippen molar-refractivity contribution < 1.29 is 8.91 Å². The van der Waals surface area contributed by atoms with Crippen molar-refractivity contribution in [2.24, 2.45) is 5.41 Å². The third kappa shape index (κ3) is 5.34. The molecular formula is C19H27FN4O. The normalized spacial score (nSPS) is 17.1. The second kappa shape index (κ2) is 7.62. The molecule has 2 aromatic rings. The van der Waals surface area contributed by atoms with Crippen molar-refractivity contribution >= 4 is 0 Å². The average Bonchev–Trinajstić information content (AvgIpc) is 3.03. The van der Waals surface area contributed by atoms with E-state index in [1.165, 1.54) is 18.6 Å². The number of hydrogen-bond acceptors (Lipinski definition) is 5. The summed E-state index contributed by atoms with van der Waals surface area (Å²) >= 11 is 0. The van der Waals surface area contributed by atoms with E-state index in [1.807, 2.05) is 0 Å². The van der Waals surface area contributed by atoms with Crippen molar-refractivity contribution in [3.8, 4) is 11.4 Å². The van der Waals surface area contributed by atoms with Gasteiger partial charge in [0.2, 0.25) is 11.7 Å². The molecule has 0 atom stereocenters. The first-order chi connectivity index (χ1) is 11.9. The number of rotatable bonds is 5. The first-order valence-corrected chi connectivity index (χ1v) is 8.92. The van der Waals surface area contributed by atoms with Gasteiger partial charge in [0.1, 0.15) is 5.82 Å². The van der Waals surface area contributed by atoms with Gasteiger partial charge in [-0.25, -0.2) is 4.39 Å². The zero-order valence-corrected chi connectivity index (χ0v) is 15.3. The fourth-order valence-corrected chi connectivity index (χ4v) is 2.89. The van der Waals surface area contributed by atoms with Gasteiger partial charge in [-0.05, 0) is 42.6 Å². The molecule has 1 aliphatic rings. The maximum absolute atomic E-state index is 13.0. The maximum Gasteiger partial charge on any atom is 0.241 e. The highest BCUT2D eigenvalue weighted by Crippen LogP contribution is 2.20. The number of piperazine rings is 1. The molecule has 0 bridgehead atoms. The summed E-state index contributed by atoms with van der Waals surface area (Å²) in [5.41, 5.74) is 1.15. The van der Waals surface area contributed by atoms with Crippen LogP contribution in [0.4, 0.5) is 4.39 Å². The van der Waals surface area contributed by atoms with Crippen LogP contribution in [0.1, 0.15) is 33.1 Å². The van der Waals surface area contributed by atoms with Crippen LogP contribution in [0.15, 0.2) is 28.8 Å². The lowest BCUT2D eigenvalue weighted by Crippen LogP contribution is -2.46. The Kier molecular flexibility index (Phi) is 5.49. The van der Waals surface area contributed by atoms with Gasteiger partial charge in [0, 0.05) is 31.7 Å². The summed E-state index contributed by atoms with van der Waals surface area (Å²) in [6.45, 7) is 12.9. The van der Waals surface area contributed by atoms with Gasteiger partial charge in [0.25, 0.3) is 0 Å². The Balaban J connectivity index is 1.49. The Morgan fingerprint density at radius 3 is 2.32 bits per heavy atom. The molecule has 1 aromatic heterocycles. The van der Waals surface area contributed by atoms with Crippen molar-refractivity contribution in [1.82, 2.24) is 19.9 Å². The van der Waals surface area contributed by atoms with Crippen LogP contribution in [0.5, 0.6) is 0 Å². The lowest BCUT2D eigenvalue weighted by atomic mass is 9.92. The Labute approximate surface area is 148 Å². The Bertz CT molecular complexity index is 669. The topological polar surface area (TPSA) is 45.4 Å². The fraction of sp³-hybridized carbons (Fsp3) is 0.579. The van der Waals surface area contributed by atoms with Gasteiger partial charge in [-0.2, -0.15) is 4.98 Å². The number of nitrogens with zero attached hydrogens (tertiary/aromatic N) is 4. The van der Waals surface area contributed by atoms with E-state index < -0.39 is 0 Å². The summed E-state index contributed by atoms with van der Waals surface area (Å²) in [5, 5.41) is 4.01. The standard InChI is InChI=1S/C19H27FN4O/c1-19(2,3)8-9-23-10-12-24(13-11-23)14-17-21-18(22-25-17)15-4-6-16(20)7-5-15/h4-7H,8-14H2,1-3H3. The second-order valence-corrected chi connectivity index (χ2v) is 7.95. The Hall–Kier alpha value is -1.79. The molecule has 1 saturated heterocycles. The number of halogens is 1. The Morgan fingerprint density at radius 2 is 1.68 bits per heavy atom. The minimum atomic E-state index is -0.267. The highest BCUT2D eigenvalue weighted by molar-refractivity contribution is 5.53. The van der Waals surface area contributed by atoms with Gasteiger partial charge in [-0.3, -0.25) is 4.90 Å². The summed E-state index contributed by atoms with van der Waals surface area (Å²) in [7, 11) is 0. The van der Waals surface area contributed by atoms with E-state index in [2.05, 4.69) is 40.7 Å². The minimum absolute atomic E-state index is 0.267. The summed E-state index contributed by atoms with van der Waals surface area (Å²) in [6.07, 6.45) is 1.22. The molecule has 1 fully saturated rings. The molecule has 5 nitrogen and oxygen atoms in total. The molecule has 0 spiro atoms. The van der Waals surface area contributed by atoms with E-state index >= 15 is 0 Å². The fourth-order valence-electron chi connectivity index (χ4n) is 2.89.